The summed E-state index contributed by atoms with van der Waals surface area (Å²) in [6.45, 7) is 1.75. The number of sulfonamides is 1. The molecule has 0 spiro atoms. The SMILES string of the molecule is CC(CNS(=O)(=O)c1ccc(Cl)cc1)CC(=O)O. The maximum Gasteiger partial charge on any atom is 0.303 e. The standard InChI is InChI=1S/C11H14ClNO4S/c1-8(6-11(14)15)7-13-18(16,17)10-4-2-9(12)3-5-10/h2-5,8,13H,6-7H2,1H3,(H,14,15). The Labute approximate surface area is 111 Å². The Balaban J connectivity index is 2.65. The molecule has 1 aromatic rings. The Morgan fingerprint density at radius 1 is 1.39 bits per heavy atom. The van der Waals surface area contributed by atoms with Crippen LogP contribution >= 0.6 is 11.6 Å². The van der Waals surface area contributed by atoms with Crippen molar-refractivity contribution in [2.75, 3.05) is 6.54 Å². The third kappa shape index (κ3) is 4.64. The van der Waals surface area contributed by atoms with Gasteiger partial charge in [0.25, 0.3) is 0 Å². The van der Waals surface area contributed by atoms with Crippen molar-refractivity contribution in [3.8, 4) is 0 Å². The lowest BCUT2D eigenvalue weighted by Gasteiger charge is -2.11. The van der Waals surface area contributed by atoms with Gasteiger partial charge in [0.05, 0.1) is 4.90 Å². The lowest BCUT2D eigenvalue weighted by molar-refractivity contribution is -0.137. The molecular weight excluding hydrogens is 278 g/mol. The van der Waals surface area contributed by atoms with Gasteiger partial charge >= 0.3 is 5.97 Å². The largest absolute Gasteiger partial charge is 0.481 e. The molecule has 0 heterocycles. The predicted octanol–water partition coefficient (Wildman–Crippen LogP) is 1.73. The van der Waals surface area contributed by atoms with Crippen LogP contribution < -0.4 is 4.72 Å². The number of carboxylic acids is 1. The normalized spacial score (nSPS) is 13.2. The van der Waals surface area contributed by atoms with Crippen LogP contribution in [0.2, 0.25) is 5.02 Å². The summed E-state index contributed by atoms with van der Waals surface area (Å²) in [5.41, 5.74) is 0. The van der Waals surface area contributed by atoms with Crippen LogP contribution in [0.15, 0.2) is 29.2 Å². The molecule has 0 aromatic heterocycles. The fraction of sp³-hybridized carbons (Fsp3) is 0.364. The van der Waals surface area contributed by atoms with Crippen molar-refractivity contribution in [2.24, 2.45) is 5.92 Å². The number of hydrogen-bond acceptors (Lipinski definition) is 3. The molecule has 5 nitrogen and oxygen atoms in total. The molecule has 0 fully saturated rings. The number of hydrogen-bond donors (Lipinski definition) is 2. The van der Waals surface area contributed by atoms with Crippen LogP contribution in [0.4, 0.5) is 0 Å². The molecular formula is C11H14ClNO4S. The second kappa shape index (κ2) is 6.17. The van der Waals surface area contributed by atoms with Gasteiger partial charge < -0.3 is 5.11 Å². The molecule has 0 aliphatic heterocycles. The summed E-state index contributed by atoms with van der Waals surface area (Å²) in [6, 6.07) is 5.76. The molecule has 1 atom stereocenters. The van der Waals surface area contributed by atoms with Gasteiger partial charge in [-0.1, -0.05) is 18.5 Å². The Hall–Kier alpha value is -1.11. The number of carboxylic acid groups (broad SMARTS) is 1. The monoisotopic (exact) mass is 291 g/mol. The van der Waals surface area contributed by atoms with E-state index >= 15 is 0 Å². The average Bonchev–Trinajstić information content (AvgIpc) is 2.26. The van der Waals surface area contributed by atoms with Crippen molar-refractivity contribution in [3.63, 3.8) is 0 Å². The number of carbonyl (C=O) groups is 1. The molecule has 100 valence electrons. The Morgan fingerprint density at radius 2 is 1.94 bits per heavy atom. The Morgan fingerprint density at radius 3 is 2.44 bits per heavy atom. The van der Waals surface area contributed by atoms with E-state index in [0.29, 0.717) is 5.02 Å². The highest BCUT2D eigenvalue weighted by Crippen LogP contribution is 2.14. The molecule has 0 saturated heterocycles. The van der Waals surface area contributed by atoms with Crippen molar-refractivity contribution in [1.82, 2.24) is 4.72 Å². The second-order valence-corrected chi connectivity index (χ2v) is 6.21. The number of rotatable bonds is 6. The summed E-state index contributed by atoms with van der Waals surface area (Å²) < 4.78 is 26.0. The van der Waals surface area contributed by atoms with Gasteiger partial charge in [0.2, 0.25) is 10.0 Å². The van der Waals surface area contributed by atoms with E-state index in [1.165, 1.54) is 24.3 Å². The molecule has 0 saturated carbocycles. The average molecular weight is 292 g/mol. The van der Waals surface area contributed by atoms with Gasteiger partial charge in [0.15, 0.2) is 0 Å². The highest BCUT2D eigenvalue weighted by atomic mass is 35.5. The van der Waals surface area contributed by atoms with E-state index in [0.717, 1.165) is 0 Å². The minimum Gasteiger partial charge on any atom is -0.481 e. The molecule has 1 aromatic carbocycles. The molecule has 1 unspecified atom stereocenters. The van der Waals surface area contributed by atoms with E-state index in [2.05, 4.69) is 4.72 Å². The maximum atomic E-state index is 11.8. The molecule has 0 bridgehead atoms. The highest BCUT2D eigenvalue weighted by Gasteiger charge is 2.16. The molecule has 0 aliphatic rings. The van der Waals surface area contributed by atoms with Gasteiger partial charge in [0, 0.05) is 18.0 Å². The minimum absolute atomic E-state index is 0.0802. The fourth-order valence-electron chi connectivity index (χ4n) is 1.32. The highest BCUT2D eigenvalue weighted by molar-refractivity contribution is 7.89. The first kappa shape index (κ1) is 14.9. The quantitative estimate of drug-likeness (QED) is 0.836. The van der Waals surface area contributed by atoms with E-state index in [9.17, 15) is 13.2 Å². The molecule has 0 radical (unpaired) electrons. The van der Waals surface area contributed by atoms with Crippen molar-refractivity contribution < 1.29 is 18.3 Å². The summed E-state index contributed by atoms with van der Waals surface area (Å²) in [7, 11) is -3.61. The van der Waals surface area contributed by atoms with E-state index < -0.39 is 16.0 Å². The summed E-state index contributed by atoms with van der Waals surface area (Å²) in [4.78, 5) is 10.6. The maximum absolute atomic E-state index is 11.8. The molecule has 7 heteroatoms. The predicted molar refractivity (Wildman–Crippen MR) is 68.1 cm³/mol. The molecule has 1 rings (SSSR count). The van der Waals surface area contributed by atoms with Crippen LogP contribution in [0.5, 0.6) is 0 Å². The smallest absolute Gasteiger partial charge is 0.303 e. The Kier molecular flexibility index (Phi) is 5.13. The van der Waals surface area contributed by atoms with Gasteiger partial charge in [-0.2, -0.15) is 0 Å². The fourth-order valence-corrected chi connectivity index (χ4v) is 2.61. The topological polar surface area (TPSA) is 83.5 Å². The van der Waals surface area contributed by atoms with E-state index in [-0.39, 0.29) is 23.8 Å². The van der Waals surface area contributed by atoms with Crippen molar-refractivity contribution >= 4 is 27.6 Å². The van der Waals surface area contributed by atoms with Gasteiger partial charge in [-0.05, 0) is 30.2 Å². The van der Waals surface area contributed by atoms with E-state index in [4.69, 9.17) is 16.7 Å². The first-order chi connectivity index (χ1) is 8.31. The van der Waals surface area contributed by atoms with Gasteiger partial charge in [-0.15, -0.1) is 0 Å². The number of aliphatic carboxylic acids is 1. The van der Waals surface area contributed by atoms with Crippen molar-refractivity contribution in [1.29, 1.82) is 0 Å². The van der Waals surface area contributed by atoms with Crippen LogP contribution in [-0.4, -0.2) is 26.0 Å². The summed E-state index contributed by atoms with van der Waals surface area (Å²) in [5.74, 6) is -1.22. The summed E-state index contributed by atoms with van der Waals surface area (Å²) in [5, 5.41) is 9.02. The Bertz CT molecular complexity index is 512. The minimum atomic E-state index is -3.61. The van der Waals surface area contributed by atoms with Crippen LogP contribution in [0, 0.1) is 5.92 Å². The first-order valence-corrected chi connectivity index (χ1v) is 7.14. The lowest BCUT2D eigenvalue weighted by Crippen LogP contribution is -2.29. The van der Waals surface area contributed by atoms with Crippen LogP contribution in [-0.2, 0) is 14.8 Å². The molecule has 2 N–H and O–H groups in total. The van der Waals surface area contributed by atoms with Crippen LogP contribution in [0.3, 0.4) is 0 Å². The second-order valence-electron chi connectivity index (χ2n) is 4.01. The summed E-state index contributed by atoms with van der Waals surface area (Å²) >= 11 is 5.67. The van der Waals surface area contributed by atoms with Gasteiger partial charge in [0.1, 0.15) is 0 Å². The number of halogens is 1. The van der Waals surface area contributed by atoms with Gasteiger partial charge in [-0.3, -0.25) is 4.79 Å². The van der Waals surface area contributed by atoms with E-state index in [1.807, 2.05) is 0 Å². The van der Waals surface area contributed by atoms with Crippen molar-refractivity contribution in [3.05, 3.63) is 29.3 Å². The third-order valence-corrected chi connectivity index (χ3v) is 3.96. The van der Waals surface area contributed by atoms with E-state index in [1.54, 1.807) is 6.92 Å². The lowest BCUT2D eigenvalue weighted by atomic mass is 10.1. The van der Waals surface area contributed by atoms with Crippen LogP contribution in [0.25, 0.3) is 0 Å². The number of nitrogens with one attached hydrogen (secondary N) is 1. The zero-order chi connectivity index (χ0) is 13.8. The number of benzene rings is 1. The van der Waals surface area contributed by atoms with Crippen LogP contribution in [0.1, 0.15) is 13.3 Å². The summed E-state index contributed by atoms with van der Waals surface area (Å²) in [6.07, 6.45) is -0.0802. The first-order valence-electron chi connectivity index (χ1n) is 5.28. The molecule has 18 heavy (non-hydrogen) atoms. The molecule has 0 aliphatic carbocycles. The zero-order valence-electron chi connectivity index (χ0n) is 9.76. The van der Waals surface area contributed by atoms with Crippen molar-refractivity contribution in [2.45, 2.75) is 18.2 Å². The zero-order valence-corrected chi connectivity index (χ0v) is 11.3. The molecule has 0 amide bonds. The third-order valence-electron chi connectivity index (χ3n) is 2.27. The van der Waals surface area contributed by atoms with Gasteiger partial charge in [-0.25, -0.2) is 13.1 Å².